The molecule has 15 radical (unpaired) electrons. The first-order valence-electron chi connectivity index (χ1n) is 16.3. The van der Waals surface area contributed by atoms with Crippen LogP contribution in [0.25, 0.3) is 0 Å². The van der Waals surface area contributed by atoms with Crippen LogP contribution in [0.5, 0.6) is 0 Å². The van der Waals surface area contributed by atoms with E-state index in [1.807, 2.05) is 32.1 Å². The molecular formula is C41H52BF4FeNP2Ru+3. The molecule has 0 bridgehead atoms. The molecule has 10 heteroatoms. The molecule has 0 spiro atoms. The average Bonchev–Trinajstić information content (AvgIpc) is 3.78. The Morgan fingerprint density at radius 3 is 1.25 bits per heavy atom. The third-order valence-electron chi connectivity index (χ3n) is 6.93. The average molecular weight is 865 g/mol. The smallest absolute Gasteiger partial charge is 0.418 e. The minimum absolute atomic E-state index is 0. The van der Waals surface area contributed by atoms with Crippen LogP contribution in [0.15, 0.2) is 60.7 Å². The summed E-state index contributed by atoms with van der Waals surface area (Å²) in [7, 11) is -6.77. The van der Waals surface area contributed by atoms with Gasteiger partial charge in [-0.3, -0.25) is 0 Å². The first-order chi connectivity index (χ1) is 22.8. The van der Waals surface area contributed by atoms with Gasteiger partial charge in [-0.1, -0.05) is 131 Å². The summed E-state index contributed by atoms with van der Waals surface area (Å²) in [5.41, 5.74) is 2.08. The third kappa shape index (κ3) is 22.0. The molecule has 3 aliphatic carbocycles. The molecule has 3 saturated carbocycles. The van der Waals surface area contributed by atoms with Gasteiger partial charge in [-0.15, -0.1) is 0 Å². The second kappa shape index (κ2) is 26.5. The minimum Gasteiger partial charge on any atom is -0.418 e. The van der Waals surface area contributed by atoms with Crippen molar-refractivity contribution in [1.82, 2.24) is 0 Å². The van der Waals surface area contributed by atoms with E-state index in [0.29, 0.717) is 5.66 Å². The predicted octanol–water partition coefficient (Wildman–Crippen LogP) is 12.0. The van der Waals surface area contributed by atoms with Crippen molar-refractivity contribution in [2.75, 3.05) is 0 Å². The molecule has 0 unspecified atom stereocenters. The van der Waals surface area contributed by atoms with E-state index in [2.05, 4.69) is 162 Å². The molecule has 2 aromatic rings. The predicted molar refractivity (Wildman–Crippen MR) is 208 cm³/mol. The summed E-state index contributed by atoms with van der Waals surface area (Å²) in [6, 6.07) is 24.0. The van der Waals surface area contributed by atoms with Gasteiger partial charge in [0.1, 0.15) is 0 Å². The maximum absolute atomic E-state index is 9.75. The molecule has 1 nitrogen and oxygen atoms in total. The molecule has 3 aliphatic rings. The second-order valence-electron chi connectivity index (χ2n) is 13.4. The van der Waals surface area contributed by atoms with Gasteiger partial charge in [0.25, 0.3) is 0 Å². The number of rotatable bonds is 5. The Kier molecular flexibility index (Phi) is 27.5. The molecule has 1 atom stereocenters. The number of nitrogens with zero attached hydrogens (tertiary/aromatic N) is 1. The monoisotopic (exact) mass is 865 g/mol. The molecule has 5 rings (SSSR count). The van der Waals surface area contributed by atoms with Crippen LogP contribution in [0.2, 0.25) is 0 Å². The SMILES string of the molecule is CC#N.C[C@H]([C]1[CH][CH][CH][C]1P(C(C)(C)C)C(C)(C)C)P(c1ccccc1)c1ccccc1.C[C]1[CH][CH][C](C)[CH]1.F[B-](F)(F)F.[CH]1[CH][CH][CH][CH]1.[Fe+2].[Ru+2]. The Morgan fingerprint density at radius 2 is 0.980 bits per heavy atom. The van der Waals surface area contributed by atoms with Gasteiger partial charge in [0, 0.05) is 12.6 Å². The fourth-order valence-electron chi connectivity index (χ4n) is 5.66. The molecule has 0 heterocycles. The van der Waals surface area contributed by atoms with Crippen LogP contribution in [-0.4, -0.2) is 23.2 Å². The van der Waals surface area contributed by atoms with Crippen molar-refractivity contribution < 1.29 is 53.8 Å². The van der Waals surface area contributed by atoms with Crippen LogP contribution >= 0.6 is 15.8 Å². The quantitative estimate of drug-likeness (QED) is 0.167. The zero-order valence-electron chi connectivity index (χ0n) is 31.3. The zero-order chi connectivity index (χ0) is 37.3. The molecule has 2 aromatic carbocycles. The fourth-order valence-corrected chi connectivity index (χ4v) is 12.7. The molecule has 0 saturated heterocycles. The molecule has 51 heavy (non-hydrogen) atoms. The van der Waals surface area contributed by atoms with Crippen molar-refractivity contribution in [3.05, 3.63) is 155 Å². The topological polar surface area (TPSA) is 23.8 Å². The first-order valence-corrected chi connectivity index (χ1v) is 19.1. The summed E-state index contributed by atoms with van der Waals surface area (Å²) in [4.78, 5) is 0. The van der Waals surface area contributed by atoms with Gasteiger partial charge >= 0.3 is 43.8 Å². The summed E-state index contributed by atoms with van der Waals surface area (Å²) >= 11 is 0. The number of nitriles is 1. The maximum Gasteiger partial charge on any atom is 2.00 e. The molecule has 0 aliphatic heterocycles. The van der Waals surface area contributed by atoms with Crippen molar-refractivity contribution in [2.45, 2.75) is 85.2 Å². The summed E-state index contributed by atoms with van der Waals surface area (Å²) < 4.78 is 39.0. The second-order valence-corrected chi connectivity index (χ2v) is 19.8. The Bertz CT molecular complexity index is 1110. The molecular weight excluding hydrogens is 812 g/mol. The normalized spacial score (nSPS) is 17.5. The van der Waals surface area contributed by atoms with E-state index in [-0.39, 0.29) is 54.8 Å². The summed E-state index contributed by atoms with van der Waals surface area (Å²) in [5, 5.41) is 10.8. The Balaban J connectivity index is 0. The first kappa shape index (κ1) is 52.8. The molecule has 0 N–H and O–H groups in total. The minimum atomic E-state index is -6.00. The zero-order valence-corrected chi connectivity index (χ0v) is 36.0. The van der Waals surface area contributed by atoms with Gasteiger partial charge < -0.3 is 17.3 Å². The van der Waals surface area contributed by atoms with Crippen LogP contribution < -0.4 is 10.6 Å². The Labute approximate surface area is 336 Å². The van der Waals surface area contributed by atoms with Crippen LogP contribution in [0, 0.1) is 105 Å². The van der Waals surface area contributed by atoms with Crippen LogP contribution in [0.1, 0.15) is 69.2 Å². The summed E-state index contributed by atoms with van der Waals surface area (Å²) in [6.45, 7) is 22.6. The van der Waals surface area contributed by atoms with Gasteiger partial charge in [-0.05, 0) is 123 Å². The number of benzene rings is 2. The number of hydrogen-bond acceptors (Lipinski definition) is 1. The van der Waals surface area contributed by atoms with E-state index in [1.165, 1.54) is 29.4 Å². The van der Waals surface area contributed by atoms with Crippen LogP contribution in [0.3, 0.4) is 0 Å². The van der Waals surface area contributed by atoms with Gasteiger partial charge in [0.15, 0.2) is 0 Å². The van der Waals surface area contributed by atoms with E-state index in [4.69, 9.17) is 5.26 Å². The standard InChI is InChI=1S/C27H35P2.C7H9.C5H5.C2H3N.BF4.Fe.Ru/c1-21(24-19-14-20-25(24)29(26(2,3)4)27(5,6)7)28(22-15-10-8-11-16-22)23-17-12-9-13-18-23;1-6-3-4-7(2)5-6;1-2-4-5-3-1;1-2-3;2-1(3,4)5;;/h8-21H,1-7H3;3-5H,1-2H3;1-5H;1H3;;;/q;;;;-1;2*+2/t21-;;;;;;/m1....../s1. The van der Waals surface area contributed by atoms with Gasteiger partial charge in [-0.25, -0.2) is 0 Å². The van der Waals surface area contributed by atoms with Crippen molar-refractivity contribution in [2.24, 2.45) is 0 Å². The van der Waals surface area contributed by atoms with Gasteiger partial charge in [0.2, 0.25) is 0 Å². The number of halogens is 4. The largest absolute Gasteiger partial charge is 2.00 e. The van der Waals surface area contributed by atoms with Crippen molar-refractivity contribution in [3.8, 4) is 6.07 Å². The Hall–Kier alpha value is -0.282. The molecule has 275 valence electrons. The molecule has 3 fully saturated rings. The van der Waals surface area contributed by atoms with Gasteiger partial charge in [0.05, 0.1) is 6.07 Å². The van der Waals surface area contributed by atoms with Crippen LogP contribution in [-0.2, 0) is 36.5 Å². The van der Waals surface area contributed by atoms with Crippen LogP contribution in [0.4, 0.5) is 17.3 Å². The fraction of sp³-hybridized carbons (Fsp3) is 0.317. The van der Waals surface area contributed by atoms with E-state index in [9.17, 15) is 17.3 Å². The number of hydrogen-bond donors (Lipinski definition) is 0. The maximum atomic E-state index is 9.75. The Morgan fingerprint density at radius 1 is 0.647 bits per heavy atom. The van der Waals surface area contributed by atoms with Gasteiger partial charge in [-0.2, -0.15) is 5.26 Å². The summed E-state index contributed by atoms with van der Waals surface area (Å²) in [5.74, 6) is 4.27. The van der Waals surface area contributed by atoms with E-state index >= 15 is 0 Å². The molecule has 0 aromatic heterocycles. The summed E-state index contributed by atoms with van der Waals surface area (Å²) in [6.07, 6.45) is 23.5. The van der Waals surface area contributed by atoms with Crippen molar-refractivity contribution >= 4 is 33.7 Å². The van der Waals surface area contributed by atoms with E-state index in [1.54, 1.807) is 17.6 Å². The molecule has 0 amide bonds. The third-order valence-corrected chi connectivity index (χ3v) is 13.3. The van der Waals surface area contributed by atoms with E-state index < -0.39 is 15.2 Å². The van der Waals surface area contributed by atoms with Crippen molar-refractivity contribution in [3.63, 3.8) is 0 Å². The van der Waals surface area contributed by atoms with E-state index in [0.717, 1.165) is 0 Å². The van der Waals surface area contributed by atoms with Crippen molar-refractivity contribution in [1.29, 1.82) is 5.26 Å².